The van der Waals surface area contributed by atoms with Crippen molar-refractivity contribution in [1.82, 2.24) is 15.8 Å². The summed E-state index contributed by atoms with van der Waals surface area (Å²) in [5.74, 6) is 0.342. The number of para-hydroxylation sites is 1. The topological polar surface area (TPSA) is 110 Å². The number of hydrogen-bond acceptors (Lipinski definition) is 6. The van der Waals surface area contributed by atoms with Crippen LogP contribution in [0.4, 0.5) is 0 Å². The minimum absolute atomic E-state index is 0.0357. The molecule has 1 aromatic heterocycles. The Morgan fingerprint density at radius 3 is 2.59 bits per heavy atom. The molecule has 0 atom stereocenters. The van der Waals surface area contributed by atoms with Crippen molar-refractivity contribution in [2.75, 3.05) is 13.7 Å². The normalized spacial score (nSPS) is 10.4. The molecule has 8 nitrogen and oxygen atoms in total. The van der Waals surface area contributed by atoms with E-state index in [0.717, 1.165) is 16.7 Å². The zero-order chi connectivity index (χ0) is 20.6. The molecule has 0 saturated carbocycles. The molecule has 2 amide bonds. The first-order valence-electron chi connectivity index (χ1n) is 8.97. The van der Waals surface area contributed by atoms with Crippen LogP contribution in [-0.4, -0.2) is 35.7 Å². The predicted molar refractivity (Wildman–Crippen MR) is 106 cm³/mol. The Kier molecular flexibility index (Phi) is 6.59. The number of carbonyl (C=O) groups excluding carboxylic acids is 2. The highest BCUT2D eigenvalue weighted by Crippen LogP contribution is 2.25. The Labute approximate surface area is 167 Å². The van der Waals surface area contributed by atoms with E-state index in [0.29, 0.717) is 17.9 Å². The van der Waals surface area contributed by atoms with E-state index in [-0.39, 0.29) is 18.7 Å². The summed E-state index contributed by atoms with van der Waals surface area (Å²) in [7, 11) is 1.61. The molecule has 0 fully saturated rings. The van der Waals surface area contributed by atoms with Crippen LogP contribution in [0.2, 0.25) is 0 Å². The first-order chi connectivity index (χ1) is 14.1. The largest absolute Gasteiger partial charge is 0.497 e. The number of pyridine rings is 1. The molecule has 2 aromatic carbocycles. The Morgan fingerprint density at radius 1 is 1.07 bits per heavy atom. The van der Waals surface area contributed by atoms with Gasteiger partial charge in [0, 0.05) is 18.4 Å². The fourth-order valence-electron chi connectivity index (χ4n) is 2.68. The van der Waals surface area contributed by atoms with Gasteiger partial charge in [0.05, 0.1) is 7.11 Å². The van der Waals surface area contributed by atoms with Crippen molar-refractivity contribution in [2.45, 2.75) is 13.0 Å². The van der Waals surface area contributed by atoms with Crippen LogP contribution in [0.3, 0.4) is 0 Å². The number of aromatic nitrogens is 1. The average molecular weight is 395 g/mol. The van der Waals surface area contributed by atoms with Crippen molar-refractivity contribution >= 4 is 22.7 Å². The number of nitrogens with zero attached hydrogens (tertiary/aromatic N) is 1. The van der Waals surface area contributed by atoms with E-state index in [2.05, 4.69) is 10.3 Å². The van der Waals surface area contributed by atoms with Crippen molar-refractivity contribution in [3.63, 3.8) is 0 Å². The third kappa shape index (κ3) is 5.20. The fourth-order valence-corrected chi connectivity index (χ4v) is 2.68. The quantitative estimate of drug-likeness (QED) is 0.399. The van der Waals surface area contributed by atoms with Crippen LogP contribution in [0.15, 0.2) is 54.6 Å². The van der Waals surface area contributed by atoms with Crippen LogP contribution in [0.25, 0.3) is 10.9 Å². The van der Waals surface area contributed by atoms with E-state index in [1.807, 2.05) is 36.4 Å². The molecule has 0 aliphatic rings. The Morgan fingerprint density at radius 2 is 1.86 bits per heavy atom. The Hall–Kier alpha value is -3.65. The summed E-state index contributed by atoms with van der Waals surface area (Å²) < 4.78 is 11.1. The highest BCUT2D eigenvalue weighted by Gasteiger charge is 2.11. The molecule has 0 aliphatic heterocycles. The Bertz CT molecular complexity index is 1000. The van der Waals surface area contributed by atoms with Gasteiger partial charge in [0.25, 0.3) is 5.91 Å². The molecule has 8 heteroatoms. The average Bonchev–Trinajstić information content (AvgIpc) is 2.77. The van der Waals surface area contributed by atoms with E-state index in [4.69, 9.17) is 14.7 Å². The minimum atomic E-state index is -0.578. The summed E-state index contributed by atoms with van der Waals surface area (Å²) in [5.41, 5.74) is 3.27. The van der Waals surface area contributed by atoms with Gasteiger partial charge in [0.15, 0.2) is 0 Å². The SMILES string of the molecule is COc1ccc(COc2cccc3ccc(C(=O)NCCC(=O)NO)nc23)cc1. The van der Waals surface area contributed by atoms with E-state index < -0.39 is 11.8 Å². The molecule has 150 valence electrons. The number of fused-ring (bicyclic) bond motifs is 1. The van der Waals surface area contributed by atoms with Gasteiger partial charge < -0.3 is 14.8 Å². The van der Waals surface area contributed by atoms with Crippen LogP contribution in [0.5, 0.6) is 11.5 Å². The van der Waals surface area contributed by atoms with Crippen LogP contribution < -0.4 is 20.3 Å². The summed E-state index contributed by atoms with van der Waals surface area (Å²) in [6, 6.07) is 16.5. The molecule has 29 heavy (non-hydrogen) atoms. The number of ether oxygens (including phenoxy) is 2. The summed E-state index contributed by atoms with van der Waals surface area (Å²) in [4.78, 5) is 27.7. The summed E-state index contributed by atoms with van der Waals surface area (Å²) >= 11 is 0. The minimum Gasteiger partial charge on any atom is -0.497 e. The second-order valence-electron chi connectivity index (χ2n) is 6.20. The van der Waals surface area contributed by atoms with Gasteiger partial charge in [-0.2, -0.15) is 0 Å². The van der Waals surface area contributed by atoms with E-state index >= 15 is 0 Å². The zero-order valence-corrected chi connectivity index (χ0v) is 15.8. The second kappa shape index (κ2) is 9.52. The van der Waals surface area contributed by atoms with Gasteiger partial charge in [-0.1, -0.05) is 30.3 Å². The predicted octanol–water partition coefficient (Wildman–Crippen LogP) is 2.45. The molecule has 0 saturated heterocycles. The number of nitrogens with one attached hydrogen (secondary N) is 2. The van der Waals surface area contributed by atoms with Gasteiger partial charge in [0.1, 0.15) is 29.3 Å². The highest BCUT2D eigenvalue weighted by atomic mass is 16.5. The van der Waals surface area contributed by atoms with Crippen molar-refractivity contribution < 1.29 is 24.3 Å². The lowest BCUT2D eigenvalue weighted by Gasteiger charge is -2.11. The molecule has 0 unspecified atom stereocenters. The molecule has 0 spiro atoms. The maximum Gasteiger partial charge on any atom is 0.269 e. The zero-order valence-electron chi connectivity index (χ0n) is 15.8. The molecule has 3 rings (SSSR count). The molecular formula is C21H21N3O5. The summed E-state index contributed by atoms with van der Waals surface area (Å²) in [6.07, 6.45) is -0.0357. The smallest absolute Gasteiger partial charge is 0.269 e. The highest BCUT2D eigenvalue weighted by molar-refractivity contribution is 5.96. The van der Waals surface area contributed by atoms with Crippen LogP contribution in [-0.2, 0) is 11.4 Å². The van der Waals surface area contributed by atoms with Gasteiger partial charge in [-0.15, -0.1) is 0 Å². The number of methoxy groups -OCH3 is 1. The fraction of sp³-hybridized carbons (Fsp3) is 0.190. The summed E-state index contributed by atoms with van der Waals surface area (Å²) in [5, 5.41) is 11.9. The molecule has 0 bridgehead atoms. The van der Waals surface area contributed by atoms with Gasteiger partial charge in [-0.25, -0.2) is 10.5 Å². The first kappa shape index (κ1) is 20.1. The number of carbonyl (C=O) groups is 2. The van der Waals surface area contributed by atoms with Crippen molar-refractivity contribution in [3.05, 3.63) is 65.9 Å². The third-order valence-electron chi connectivity index (χ3n) is 4.23. The standard InChI is InChI=1S/C21H21N3O5/c1-28-16-8-5-14(6-9-16)13-29-18-4-2-3-15-7-10-17(23-20(15)18)21(26)22-12-11-19(25)24-27/h2-10,27H,11-13H2,1H3,(H,22,26)(H,24,25). The second-order valence-corrected chi connectivity index (χ2v) is 6.20. The third-order valence-corrected chi connectivity index (χ3v) is 4.23. The monoisotopic (exact) mass is 395 g/mol. The molecular weight excluding hydrogens is 374 g/mol. The Balaban J connectivity index is 1.73. The van der Waals surface area contributed by atoms with Crippen LogP contribution in [0.1, 0.15) is 22.5 Å². The molecule has 3 aromatic rings. The van der Waals surface area contributed by atoms with Gasteiger partial charge in [-0.3, -0.25) is 14.8 Å². The molecule has 1 heterocycles. The van der Waals surface area contributed by atoms with Crippen LogP contribution >= 0.6 is 0 Å². The van der Waals surface area contributed by atoms with Crippen LogP contribution in [0, 0.1) is 0 Å². The van der Waals surface area contributed by atoms with Gasteiger partial charge >= 0.3 is 0 Å². The molecule has 0 radical (unpaired) electrons. The molecule has 3 N–H and O–H groups in total. The number of hydroxylamine groups is 1. The van der Waals surface area contributed by atoms with Crippen molar-refractivity contribution in [2.24, 2.45) is 0 Å². The van der Waals surface area contributed by atoms with Gasteiger partial charge in [-0.05, 0) is 29.8 Å². The molecule has 0 aliphatic carbocycles. The van der Waals surface area contributed by atoms with E-state index in [1.54, 1.807) is 25.3 Å². The maximum atomic E-state index is 12.3. The summed E-state index contributed by atoms with van der Waals surface area (Å²) in [6.45, 7) is 0.429. The van der Waals surface area contributed by atoms with E-state index in [1.165, 1.54) is 5.48 Å². The van der Waals surface area contributed by atoms with Gasteiger partial charge in [0.2, 0.25) is 5.91 Å². The van der Waals surface area contributed by atoms with E-state index in [9.17, 15) is 9.59 Å². The van der Waals surface area contributed by atoms with Crippen molar-refractivity contribution in [3.8, 4) is 11.5 Å². The number of rotatable bonds is 8. The lowest BCUT2D eigenvalue weighted by atomic mass is 10.2. The maximum absolute atomic E-state index is 12.3. The number of amides is 2. The van der Waals surface area contributed by atoms with Crippen molar-refractivity contribution in [1.29, 1.82) is 0 Å². The lowest BCUT2D eigenvalue weighted by molar-refractivity contribution is -0.129. The number of hydrogen-bond donors (Lipinski definition) is 3. The first-order valence-corrected chi connectivity index (χ1v) is 8.97. The number of benzene rings is 2. The lowest BCUT2D eigenvalue weighted by Crippen LogP contribution is -2.29.